The fraction of sp³-hybridized carbons (Fsp3) is 0.909. The third-order valence-electron chi connectivity index (χ3n) is 3.12. The molecular formula is C11H20N2O2. The third kappa shape index (κ3) is 2.43. The quantitative estimate of drug-likeness (QED) is 0.688. The van der Waals surface area contributed by atoms with Gasteiger partial charge in [0.2, 0.25) is 0 Å². The van der Waals surface area contributed by atoms with Gasteiger partial charge in [-0.25, -0.2) is 4.79 Å². The minimum atomic E-state index is -0.405. The molecule has 4 heteroatoms. The summed E-state index contributed by atoms with van der Waals surface area (Å²) in [5.41, 5.74) is -0.356. The first-order valence-corrected chi connectivity index (χ1v) is 5.63. The molecule has 2 fully saturated rings. The molecule has 0 spiro atoms. The largest absolute Gasteiger partial charge is 0.444 e. The first-order chi connectivity index (χ1) is 6.91. The number of piperidine rings is 1. The van der Waals surface area contributed by atoms with E-state index in [1.54, 1.807) is 0 Å². The highest BCUT2D eigenvalue weighted by Gasteiger charge is 2.56. The molecule has 1 heterocycles. The predicted octanol–water partition coefficient (Wildman–Crippen LogP) is 1.26. The molecule has 2 rings (SSSR count). The van der Waals surface area contributed by atoms with Gasteiger partial charge in [-0.15, -0.1) is 0 Å². The average molecular weight is 212 g/mol. The van der Waals surface area contributed by atoms with E-state index in [2.05, 4.69) is 10.6 Å². The summed E-state index contributed by atoms with van der Waals surface area (Å²) in [5.74, 6) is 0.610. The van der Waals surface area contributed by atoms with Crippen LogP contribution >= 0.6 is 0 Å². The molecule has 1 amide bonds. The molecule has 86 valence electrons. The van der Waals surface area contributed by atoms with E-state index < -0.39 is 5.60 Å². The Morgan fingerprint density at radius 2 is 2.27 bits per heavy atom. The van der Waals surface area contributed by atoms with Gasteiger partial charge in [-0.1, -0.05) is 0 Å². The van der Waals surface area contributed by atoms with E-state index in [-0.39, 0.29) is 11.6 Å². The van der Waals surface area contributed by atoms with Crippen molar-refractivity contribution in [2.45, 2.75) is 44.8 Å². The van der Waals surface area contributed by atoms with E-state index in [1.807, 2.05) is 20.8 Å². The topological polar surface area (TPSA) is 50.4 Å². The first-order valence-electron chi connectivity index (χ1n) is 5.63. The van der Waals surface area contributed by atoms with E-state index in [1.165, 1.54) is 0 Å². The molecule has 15 heavy (non-hydrogen) atoms. The van der Waals surface area contributed by atoms with Gasteiger partial charge in [-0.3, -0.25) is 0 Å². The summed E-state index contributed by atoms with van der Waals surface area (Å²) in [6.07, 6.45) is 1.85. The van der Waals surface area contributed by atoms with E-state index in [0.717, 1.165) is 25.9 Å². The number of fused-ring (bicyclic) bond motifs is 1. The molecule has 1 aliphatic carbocycles. The third-order valence-corrected chi connectivity index (χ3v) is 3.12. The number of hydrogen-bond acceptors (Lipinski definition) is 3. The van der Waals surface area contributed by atoms with Crippen molar-refractivity contribution in [3.05, 3.63) is 0 Å². The Labute approximate surface area is 90.8 Å². The molecular weight excluding hydrogens is 192 g/mol. The molecule has 1 saturated heterocycles. The predicted molar refractivity (Wildman–Crippen MR) is 57.7 cm³/mol. The van der Waals surface area contributed by atoms with Gasteiger partial charge in [-0.2, -0.15) is 0 Å². The van der Waals surface area contributed by atoms with Gasteiger partial charge >= 0.3 is 6.09 Å². The van der Waals surface area contributed by atoms with Gasteiger partial charge in [0.05, 0.1) is 0 Å². The summed E-state index contributed by atoms with van der Waals surface area (Å²) >= 11 is 0. The van der Waals surface area contributed by atoms with Crippen molar-refractivity contribution in [2.75, 3.05) is 13.1 Å². The van der Waals surface area contributed by atoms with Crippen LogP contribution in [-0.4, -0.2) is 30.3 Å². The van der Waals surface area contributed by atoms with Crippen molar-refractivity contribution in [2.24, 2.45) is 5.92 Å². The minimum Gasteiger partial charge on any atom is -0.444 e. The normalized spacial score (nSPS) is 34.2. The van der Waals surface area contributed by atoms with Crippen molar-refractivity contribution < 1.29 is 9.53 Å². The van der Waals surface area contributed by atoms with Gasteiger partial charge in [0.15, 0.2) is 0 Å². The van der Waals surface area contributed by atoms with Gasteiger partial charge in [-0.05, 0) is 46.1 Å². The van der Waals surface area contributed by atoms with Crippen LogP contribution in [0.3, 0.4) is 0 Å². The second-order valence-electron chi connectivity index (χ2n) is 5.64. The van der Waals surface area contributed by atoms with Crippen LogP contribution in [0.15, 0.2) is 0 Å². The van der Waals surface area contributed by atoms with Gasteiger partial charge in [0, 0.05) is 12.1 Å². The molecule has 4 nitrogen and oxygen atoms in total. The number of carbonyl (C=O) groups excluding carboxylic acids is 1. The second-order valence-corrected chi connectivity index (χ2v) is 5.64. The maximum absolute atomic E-state index is 11.6. The Morgan fingerprint density at radius 1 is 1.53 bits per heavy atom. The Hall–Kier alpha value is -0.770. The number of amides is 1. The van der Waals surface area contributed by atoms with Gasteiger partial charge in [0.25, 0.3) is 0 Å². The van der Waals surface area contributed by atoms with Gasteiger partial charge in [0.1, 0.15) is 5.60 Å². The van der Waals surface area contributed by atoms with Crippen LogP contribution in [0.4, 0.5) is 4.79 Å². The van der Waals surface area contributed by atoms with Crippen molar-refractivity contribution in [1.82, 2.24) is 10.6 Å². The number of nitrogens with one attached hydrogen (secondary N) is 2. The summed E-state index contributed by atoms with van der Waals surface area (Å²) in [7, 11) is 0. The number of alkyl carbamates (subject to hydrolysis) is 1. The Morgan fingerprint density at radius 3 is 2.87 bits per heavy atom. The zero-order chi connectivity index (χ0) is 11.1. The molecule has 2 atom stereocenters. The van der Waals surface area contributed by atoms with Crippen molar-refractivity contribution in [1.29, 1.82) is 0 Å². The number of hydrogen-bond donors (Lipinski definition) is 2. The molecule has 0 aromatic carbocycles. The molecule has 0 radical (unpaired) electrons. The molecule has 0 unspecified atom stereocenters. The van der Waals surface area contributed by atoms with E-state index >= 15 is 0 Å². The zero-order valence-corrected chi connectivity index (χ0v) is 9.72. The van der Waals surface area contributed by atoms with Gasteiger partial charge < -0.3 is 15.4 Å². The highest BCUT2D eigenvalue weighted by Crippen LogP contribution is 2.47. The number of ether oxygens (including phenoxy) is 1. The molecule has 0 aromatic rings. The zero-order valence-electron chi connectivity index (χ0n) is 9.72. The summed E-state index contributed by atoms with van der Waals surface area (Å²) in [4.78, 5) is 11.6. The maximum Gasteiger partial charge on any atom is 0.408 e. The summed E-state index contributed by atoms with van der Waals surface area (Å²) < 4.78 is 5.26. The van der Waals surface area contributed by atoms with Crippen LogP contribution in [0.1, 0.15) is 33.6 Å². The summed E-state index contributed by atoms with van der Waals surface area (Å²) in [6, 6.07) is 0. The van der Waals surface area contributed by atoms with Crippen molar-refractivity contribution in [3.8, 4) is 0 Å². The van der Waals surface area contributed by atoms with Crippen molar-refractivity contribution >= 4 is 6.09 Å². The van der Waals surface area contributed by atoms with E-state index in [0.29, 0.717) is 5.92 Å². The first kappa shape index (κ1) is 10.7. The van der Waals surface area contributed by atoms with Crippen LogP contribution in [0.25, 0.3) is 0 Å². The molecule has 2 N–H and O–H groups in total. The van der Waals surface area contributed by atoms with Crippen LogP contribution in [0, 0.1) is 5.92 Å². The molecule has 1 saturated carbocycles. The second kappa shape index (κ2) is 3.37. The lowest BCUT2D eigenvalue weighted by Crippen LogP contribution is -2.47. The lowest BCUT2D eigenvalue weighted by Gasteiger charge is -2.26. The smallest absolute Gasteiger partial charge is 0.408 e. The highest BCUT2D eigenvalue weighted by molar-refractivity contribution is 5.69. The Balaban J connectivity index is 1.85. The Bertz CT molecular complexity index is 272. The molecule has 0 aromatic heterocycles. The fourth-order valence-corrected chi connectivity index (χ4v) is 2.26. The molecule has 0 bridgehead atoms. The lowest BCUT2D eigenvalue weighted by atomic mass is 10.1. The number of carbonyl (C=O) groups is 1. The molecule has 1 aliphatic heterocycles. The van der Waals surface area contributed by atoms with Crippen LogP contribution in [0.2, 0.25) is 0 Å². The maximum atomic E-state index is 11.6. The minimum absolute atomic E-state index is 0.0492. The Kier molecular flexibility index (Phi) is 2.41. The lowest BCUT2D eigenvalue weighted by molar-refractivity contribution is 0.0484. The van der Waals surface area contributed by atoms with E-state index in [4.69, 9.17) is 4.74 Å². The monoisotopic (exact) mass is 212 g/mol. The summed E-state index contributed by atoms with van der Waals surface area (Å²) in [5, 5.41) is 6.36. The average Bonchev–Trinajstić information content (AvgIpc) is 2.73. The molecule has 2 aliphatic rings. The highest BCUT2D eigenvalue weighted by atomic mass is 16.6. The SMILES string of the molecule is CC(C)(C)OC(=O)N[C@@]12CCNC[C@@H]1C2. The standard InChI is InChI=1S/C11H20N2O2/c1-10(2,3)15-9(14)13-11-4-5-12-7-8(11)6-11/h8,12H,4-7H2,1-3H3,(H,13,14)/t8-,11+/m0/s1. The fourth-order valence-electron chi connectivity index (χ4n) is 2.26. The van der Waals surface area contributed by atoms with Crippen LogP contribution < -0.4 is 10.6 Å². The van der Waals surface area contributed by atoms with Crippen LogP contribution in [-0.2, 0) is 4.74 Å². The van der Waals surface area contributed by atoms with Crippen molar-refractivity contribution in [3.63, 3.8) is 0 Å². The van der Waals surface area contributed by atoms with E-state index in [9.17, 15) is 4.79 Å². The van der Waals surface area contributed by atoms with Crippen LogP contribution in [0.5, 0.6) is 0 Å². The number of rotatable bonds is 1. The summed E-state index contributed by atoms with van der Waals surface area (Å²) in [6.45, 7) is 7.67.